The molecule has 74 valence electrons. The summed E-state index contributed by atoms with van der Waals surface area (Å²) in [5.41, 5.74) is 0.979. The lowest BCUT2D eigenvalue weighted by molar-refractivity contribution is 0.987. The van der Waals surface area contributed by atoms with E-state index in [-0.39, 0.29) is 0 Å². The van der Waals surface area contributed by atoms with Crippen LogP contribution < -0.4 is 0 Å². The van der Waals surface area contributed by atoms with Gasteiger partial charge in [0, 0.05) is 0 Å². The van der Waals surface area contributed by atoms with Crippen molar-refractivity contribution in [2.45, 2.75) is 19.2 Å². The molecule has 2 aromatic rings. The molecular formula is C7H7ClN4S2. The van der Waals surface area contributed by atoms with Gasteiger partial charge >= 0.3 is 0 Å². The van der Waals surface area contributed by atoms with E-state index in [1.165, 1.54) is 22.9 Å². The van der Waals surface area contributed by atoms with Crippen molar-refractivity contribution >= 4 is 34.5 Å². The smallest absolute Gasteiger partial charge is 0.142 e. The maximum atomic E-state index is 5.66. The van der Waals surface area contributed by atoms with Gasteiger partial charge in [-0.3, -0.25) is 0 Å². The number of hydrogen-bond donors (Lipinski definition) is 0. The van der Waals surface area contributed by atoms with Crippen LogP contribution in [0.3, 0.4) is 0 Å². The number of rotatable bonds is 3. The zero-order chi connectivity index (χ0) is 9.97. The van der Waals surface area contributed by atoms with Crippen LogP contribution in [0.5, 0.6) is 0 Å². The monoisotopic (exact) mass is 246 g/mol. The molecule has 0 bridgehead atoms. The topological polar surface area (TPSA) is 51.6 Å². The van der Waals surface area contributed by atoms with Crippen molar-refractivity contribution in [1.82, 2.24) is 19.8 Å². The Morgan fingerprint density at radius 3 is 2.79 bits per heavy atom. The molecule has 4 nitrogen and oxygen atoms in total. The first-order chi connectivity index (χ1) is 6.85. The highest BCUT2D eigenvalue weighted by atomic mass is 35.5. The molecule has 0 aromatic carbocycles. The van der Waals surface area contributed by atoms with Crippen LogP contribution in [0.4, 0.5) is 0 Å². The maximum Gasteiger partial charge on any atom is 0.161 e. The average Bonchev–Trinajstić information content (AvgIpc) is 2.85. The summed E-state index contributed by atoms with van der Waals surface area (Å²) in [5.74, 6) is 0.408. The van der Waals surface area contributed by atoms with E-state index in [9.17, 15) is 0 Å². The number of hydrogen-bond acceptors (Lipinski definition) is 6. The summed E-state index contributed by atoms with van der Waals surface area (Å²) in [6.07, 6.45) is 0.863. The molecule has 0 unspecified atom stereocenters. The van der Waals surface area contributed by atoms with Crippen molar-refractivity contribution in [1.29, 1.82) is 0 Å². The van der Waals surface area contributed by atoms with E-state index < -0.39 is 0 Å². The molecule has 0 atom stereocenters. The molecule has 14 heavy (non-hydrogen) atoms. The predicted octanol–water partition coefficient (Wildman–Crippen LogP) is 2.36. The third kappa shape index (κ3) is 1.77. The largest absolute Gasteiger partial charge is 0.161 e. The Kier molecular flexibility index (Phi) is 3.05. The normalized spacial score (nSPS) is 10.7. The lowest BCUT2D eigenvalue weighted by atomic mass is 10.3. The van der Waals surface area contributed by atoms with Gasteiger partial charge in [0.15, 0.2) is 5.01 Å². The summed E-state index contributed by atoms with van der Waals surface area (Å²) >= 11 is 8.51. The highest BCUT2D eigenvalue weighted by Gasteiger charge is 2.13. The van der Waals surface area contributed by atoms with Gasteiger partial charge in [0.25, 0.3) is 0 Å². The van der Waals surface area contributed by atoms with Gasteiger partial charge in [-0.05, 0) is 18.0 Å². The van der Waals surface area contributed by atoms with Crippen molar-refractivity contribution < 1.29 is 0 Å². The summed E-state index contributed by atoms with van der Waals surface area (Å²) in [6, 6.07) is 0. The second-order valence-electron chi connectivity index (χ2n) is 2.54. The molecule has 2 heterocycles. The molecule has 0 N–H and O–H groups in total. The van der Waals surface area contributed by atoms with Gasteiger partial charge in [-0.1, -0.05) is 22.7 Å². The molecule has 0 aliphatic rings. The van der Waals surface area contributed by atoms with Crippen LogP contribution in [0, 0.1) is 0 Å². The zero-order valence-corrected chi connectivity index (χ0v) is 9.79. The first-order valence-electron chi connectivity index (χ1n) is 4.05. The molecule has 2 rings (SSSR count). The van der Waals surface area contributed by atoms with Crippen LogP contribution in [0.1, 0.15) is 17.6 Å². The number of nitrogens with zero attached hydrogens (tertiary/aromatic N) is 4. The molecule has 0 radical (unpaired) electrons. The van der Waals surface area contributed by atoms with Gasteiger partial charge in [-0.15, -0.1) is 26.9 Å². The molecule has 0 aliphatic heterocycles. The Balaban J connectivity index is 2.38. The second-order valence-corrected chi connectivity index (χ2v) is 4.62. The molecule has 0 amide bonds. The maximum absolute atomic E-state index is 5.66. The first-order valence-corrected chi connectivity index (χ1v) is 6.17. The van der Waals surface area contributed by atoms with Crippen LogP contribution in [0.25, 0.3) is 9.88 Å². The van der Waals surface area contributed by atoms with Gasteiger partial charge in [-0.2, -0.15) is 0 Å². The van der Waals surface area contributed by atoms with Gasteiger partial charge in [0.1, 0.15) is 9.88 Å². The number of alkyl halides is 1. The average molecular weight is 247 g/mol. The fourth-order valence-corrected chi connectivity index (χ4v) is 2.74. The van der Waals surface area contributed by atoms with Gasteiger partial charge < -0.3 is 0 Å². The summed E-state index contributed by atoms with van der Waals surface area (Å²) in [7, 11) is 0. The van der Waals surface area contributed by atoms with Gasteiger partial charge in [0.2, 0.25) is 0 Å². The molecule has 2 aromatic heterocycles. The van der Waals surface area contributed by atoms with Crippen LogP contribution in [0.15, 0.2) is 0 Å². The van der Waals surface area contributed by atoms with Crippen molar-refractivity contribution in [3.63, 3.8) is 0 Å². The summed E-state index contributed by atoms with van der Waals surface area (Å²) in [6.45, 7) is 2.05. The van der Waals surface area contributed by atoms with E-state index in [1.807, 2.05) is 6.92 Å². The SMILES string of the molecule is CCc1nnsc1-c1nnc(CCl)s1. The summed E-state index contributed by atoms with van der Waals surface area (Å²) < 4.78 is 3.90. The lowest BCUT2D eigenvalue weighted by Crippen LogP contribution is -1.83. The Morgan fingerprint density at radius 1 is 1.29 bits per heavy atom. The second kappa shape index (κ2) is 4.29. The van der Waals surface area contributed by atoms with Crippen molar-refractivity contribution in [3.8, 4) is 9.88 Å². The van der Waals surface area contributed by atoms with Crippen molar-refractivity contribution in [2.75, 3.05) is 0 Å². The Morgan fingerprint density at radius 2 is 2.14 bits per heavy atom. The minimum Gasteiger partial charge on any atom is -0.142 e. The van der Waals surface area contributed by atoms with E-state index in [1.54, 1.807) is 0 Å². The molecule has 0 fully saturated rings. The van der Waals surface area contributed by atoms with E-state index in [0.29, 0.717) is 5.88 Å². The van der Waals surface area contributed by atoms with E-state index in [4.69, 9.17) is 11.6 Å². The van der Waals surface area contributed by atoms with Crippen LogP contribution in [-0.2, 0) is 12.3 Å². The molecular weight excluding hydrogens is 240 g/mol. The predicted molar refractivity (Wildman–Crippen MR) is 57.7 cm³/mol. The van der Waals surface area contributed by atoms with Crippen LogP contribution in [0.2, 0.25) is 0 Å². The number of aryl methyl sites for hydroxylation is 1. The first kappa shape index (κ1) is 9.95. The van der Waals surface area contributed by atoms with E-state index in [2.05, 4.69) is 19.8 Å². The summed E-state index contributed by atoms with van der Waals surface area (Å²) in [5, 5.41) is 13.7. The quantitative estimate of drug-likeness (QED) is 0.781. The van der Waals surface area contributed by atoms with Gasteiger partial charge in [-0.25, -0.2) is 0 Å². The Hall–Kier alpha value is -0.590. The minimum absolute atomic E-state index is 0.408. The molecule has 0 spiro atoms. The third-order valence-corrected chi connectivity index (χ3v) is 3.92. The Labute approximate surface area is 94.1 Å². The molecule has 7 heteroatoms. The molecule has 0 saturated heterocycles. The van der Waals surface area contributed by atoms with Crippen molar-refractivity contribution in [2.24, 2.45) is 0 Å². The number of halogens is 1. The fourth-order valence-electron chi connectivity index (χ4n) is 1.00. The Bertz CT molecular complexity index is 425. The van der Waals surface area contributed by atoms with E-state index in [0.717, 1.165) is 27.0 Å². The minimum atomic E-state index is 0.408. The van der Waals surface area contributed by atoms with Gasteiger partial charge in [0.05, 0.1) is 11.6 Å². The standard InChI is InChI=1S/C7H7ClN4S2/c1-2-4-6(14-12-9-4)7-11-10-5(3-8)13-7/h2-3H2,1H3. The zero-order valence-electron chi connectivity index (χ0n) is 7.40. The fraction of sp³-hybridized carbons (Fsp3) is 0.429. The van der Waals surface area contributed by atoms with Crippen LogP contribution >= 0.6 is 34.5 Å². The highest BCUT2D eigenvalue weighted by molar-refractivity contribution is 7.19. The van der Waals surface area contributed by atoms with Crippen LogP contribution in [-0.4, -0.2) is 19.8 Å². The molecule has 0 aliphatic carbocycles. The van der Waals surface area contributed by atoms with Crippen molar-refractivity contribution in [3.05, 3.63) is 10.7 Å². The highest BCUT2D eigenvalue weighted by Crippen LogP contribution is 2.29. The number of aromatic nitrogens is 4. The van der Waals surface area contributed by atoms with E-state index >= 15 is 0 Å². The molecule has 0 saturated carbocycles. The summed E-state index contributed by atoms with van der Waals surface area (Å²) in [4.78, 5) is 1.02. The lowest BCUT2D eigenvalue weighted by Gasteiger charge is -1.89. The third-order valence-electron chi connectivity index (χ3n) is 1.67.